The average molecular weight is 284 g/mol. The van der Waals surface area contributed by atoms with Gasteiger partial charge in [0.1, 0.15) is 0 Å². The summed E-state index contributed by atoms with van der Waals surface area (Å²) in [5.74, 6) is -1.56. The van der Waals surface area contributed by atoms with E-state index in [1.165, 1.54) is 6.92 Å². The van der Waals surface area contributed by atoms with Crippen molar-refractivity contribution < 1.29 is 18.3 Å². The van der Waals surface area contributed by atoms with Crippen molar-refractivity contribution in [3.63, 3.8) is 0 Å². The Bertz CT molecular complexity index is 550. The minimum Gasteiger partial charge on any atom is -0.480 e. The van der Waals surface area contributed by atoms with Crippen molar-refractivity contribution in [2.75, 3.05) is 0 Å². The summed E-state index contributed by atoms with van der Waals surface area (Å²) in [6.07, 6.45) is 0. The number of aliphatic carboxylic acids is 1. The molecule has 0 radical (unpaired) electrons. The lowest BCUT2D eigenvalue weighted by Gasteiger charge is -2.19. The molecule has 0 aromatic heterocycles. The topological polar surface area (TPSA) is 71.4 Å². The lowest BCUT2D eigenvalue weighted by molar-refractivity contribution is -0.136. The quantitative estimate of drug-likeness (QED) is 0.921. The molecule has 0 bridgehead atoms. The monoisotopic (exact) mass is 284 g/mol. The Hall–Kier alpha value is -1.36. The van der Waals surface area contributed by atoms with E-state index in [-0.39, 0.29) is 11.2 Å². The van der Waals surface area contributed by atoms with E-state index in [9.17, 15) is 13.2 Å². The second-order valence-electron chi connectivity index (χ2n) is 5.73. The summed E-state index contributed by atoms with van der Waals surface area (Å²) >= 11 is 0. The summed E-state index contributed by atoms with van der Waals surface area (Å²) in [6, 6.07) is 7.26. The van der Waals surface area contributed by atoms with Crippen LogP contribution >= 0.6 is 0 Å². The molecule has 0 saturated carbocycles. The second-order valence-corrected chi connectivity index (χ2v) is 8.06. The van der Waals surface area contributed by atoms with Crippen LogP contribution in [0.15, 0.2) is 24.3 Å². The summed E-state index contributed by atoms with van der Waals surface area (Å²) in [6.45, 7) is 7.42. The summed E-state index contributed by atoms with van der Waals surface area (Å²) in [4.78, 5) is 10.7. The van der Waals surface area contributed by atoms with Crippen molar-refractivity contribution in [3.8, 4) is 0 Å². The number of sulfone groups is 1. The number of carboxylic acid groups (broad SMARTS) is 1. The van der Waals surface area contributed by atoms with Crippen molar-refractivity contribution in [1.82, 2.24) is 0 Å². The minimum atomic E-state index is -3.66. The molecule has 106 valence electrons. The van der Waals surface area contributed by atoms with Crippen molar-refractivity contribution in [2.45, 2.75) is 44.1 Å². The second kappa shape index (κ2) is 5.33. The van der Waals surface area contributed by atoms with Gasteiger partial charge in [-0.25, -0.2) is 8.42 Å². The maximum absolute atomic E-state index is 11.8. The molecule has 19 heavy (non-hydrogen) atoms. The Morgan fingerprint density at radius 1 is 1.21 bits per heavy atom. The standard InChI is InChI=1S/C14H20O4S/c1-10(13(15)16)19(17,18)9-11-5-7-12(8-6-11)14(2,3)4/h5-8,10H,9H2,1-4H3,(H,15,16). The molecule has 0 fully saturated rings. The van der Waals surface area contributed by atoms with Gasteiger partial charge in [0.2, 0.25) is 0 Å². The normalized spacial score (nSPS) is 14.1. The van der Waals surface area contributed by atoms with E-state index in [4.69, 9.17) is 5.11 Å². The van der Waals surface area contributed by atoms with Crippen LogP contribution in [0.4, 0.5) is 0 Å². The van der Waals surface area contributed by atoms with Crippen molar-refractivity contribution in [1.29, 1.82) is 0 Å². The third kappa shape index (κ3) is 4.06. The number of carbonyl (C=O) groups is 1. The molecule has 0 amide bonds. The van der Waals surface area contributed by atoms with Gasteiger partial charge in [0.05, 0.1) is 5.75 Å². The molecule has 1 unspecified atom stereocenters. The van der Waals surface area contributed by atoms with Gasteiger partial charge in [-0.15, -0.1) is 0 Å². The third-order valence-corrected chi connectivity index (χ3v) is 5.09. The van der Waals surface area contributed by atoms with E-state index >= 15 is 0 Å². The van der Waals surface area contributed by atoms with Gasteiger partial charge in [-0.3, -0.25) is 4.79 Å². The molecular formula is C14H20O4S. The fourth-order valence-electron chi connectivity index (χ4n) is 1.61. The molecule has 0 aliphatic rings. The maximum atomic E-state index is 11.8. The van der Waals surface area contributed by atoms with E-state index in [0.717, 1.165) is 5.56 Å². The van der Waals surface area contributed by atoms with Gasteiger partial charge in [-0.1, -0.05) is 45.0 Å². The molecule has 0 aliphatic carbocycles. The molecule has 5 heteroatoms. The summed E-state index contributed by atoms with van der Waals surface area (Å²) in [5.41, 5.74) is 1.73. The van der Waals surface area contributed by atoms with E-state index in [2.05, 4.69) is 20.8 Å². The zero-order chi connectivity index (χ0) is 14.8. The number of hydrogen-bond acceptors (Lipinski definition) is 3. The van der Waals surface area contributed by atoms with Crippen LogP contribution in [0, 0.1) is 0 Å². The number of hydrogen-bond donors (Lipinski definition) is 1. The van der Waals surface area contributed by atoms with Gasteiger partial charge >= 0.3 is 5.97 Å². The first-order chi connectivity index (χ1) is 8.54. The number of benzene rings is 1. The molecular weight excluding hydrogens is 264 g/mol. The van der Waals surface area contributed by atoms with Gasteiger partial charge in [0.25, 0.3) is 0 Å². The highest BCUT2D eigenvalue weighted by atomic mass is 32.2. The molecule has 1 N–H and O–H groups in total. The average Bonchev–Trinajstić information content (AvgIpc) is 2.26. The predicted molar refractivity (Wildman–Crippen MR) is 74.9 cm³/mol. The summed E-state index contributed by atoms with van der Waals surface area (Å²) in [7, 11) is -3.66. The number of rotatable bonds is 4. The van der Waals surface area contributed by atoms with Crippen LogP contribution in [-0.2, 0) is 25.8 Å². The molecule has 0 saturated heterocycles. The molecule has 1 aromatic rings. The van der Waals surface area contributed by atoms with Gasteiger partial charge in [0, 0.05) is 0 Å². The molecule has 1 rings (SSSR count). The van der Waals surface area contributed by atoms with E-state index in [1.807, 2.05) is 12.1 Å². The Balaban J connectivity index is 2.93. The van der Waals surface area contributed by atoms with Crippen LogP contribution in [-0.4, -0.2) is 24.7 Å². The van der Waals surface area contributed by atoms with Crippen molar-refractivity contribution in [3.05, 3.63) is 35.4 Å². The first-order valence-corrected chi connectivity index (χ1v) is 7.79. The molecule has 0 aliphatic heterocycles. The molecule has 0 spiro atoms. The summed E-state index contributed by atoms with van der Waals surface area (Å²) in [5, 5.41) is 7.39. The lowest BCUT2D eigenvalue weighted by Crippen LogP contribution is -2.28. The van der Waals surface area contributed by atoms with Gasteiger partial charge in [-0.2, -0.15) is 0 Å². The van der Waals surface area contributed by atoms with E-state index in [1.54, 1.807) is 12.1 Å². The van der Waals surface area contributed by atoms with Crippen LogP contribution in [0.1, 0.15) is 38.8 Å². The molecule has 4 nitrogen and oxygen atoms in total. The van der Waals surface area contributed by atoms with Crippen LogP contribution in [0.3, 0.4) is 0 Å². The molecule has 0 heterocycles. The van der Waals surface area contributed by atoms with Gasteiger partial charge in [0.15, 0.2) is 15.1 Å². The highest BCUT2D eigenvalue weighted by molar-refractivity contribution is 7.91. The minimum absolute atomic E-state index is 0.00572. The maximum Gasteiger partial charge on any atom is 0.321 e. The van der Waals surface area contributed by atoms with Crippen LogP contribution in [0.5, 0.6) is 0 Å². The summed E-state index contributed by atoms with van der Waals surface area (Å²) < 4.78 is 23.7. The van der Waals surface area contributed by atoms with Crippen molar-refractivity contribution in [2.24, 2.45) is 0 Å². The van der Waals surface area contributed by atoms with Crippen LogP contribution < -0.4 is 0 Å². The first-order valence-electron chi connectivity index (χ1n) is 6.08. The third-order valence-electron chi connectivity index (χ3n) is 3.07. The Labute approximate surface area is 114 Å². The molecule has 1 aromatic carbocycles. The van der Waals surface area contributed by atoms with E-state index in [0.29, 0.717) is 5.56 Å². The fraction of sp³-hybridized carbons (Fsp3) is 0.500. The Morgan fingerprint density at radius 2 is 1.68 bits per heavy atom. The smallest absolute Gasteiger partial charge is 0.321 e. The fourth-order valence-corrected chi connectivity index (χ4v) is 2.83. The highest BCUT2D eigenvalue weighted by Crippen LogP contribution is 2.23. The SMILES string of the molecule is CC(C(=O)O)S(=O)(=O)Cc1ccc(C(C)(C)C)cc1. The molecule has 1 atom stereocenters. The first kappa shape index (κ1) is 15.7. The largest absolute Gasteiger partial charge is 0.480 e. The Kier molecular flexibility index (Phi) is 4.40. The lowest BCUT2D eigenvalue weighted by atomic mass is 9.87. The van der Waals surface area contributed by atoms with E-state index < -0.39 is 21.1 Å². The van der Waals surface area contributed by atoms with Crippen LogP contribution in [0.25, 0.3) is 0 Å². The highest BCUT2D eigenvalue weighted by Gasteiger charge is 2.27. The van der Waals surface area contributed by atoms with Crippen LogP contribution in [0.2, 0.25) is 0 Å². The zero-order valence-electron chi connectivity index (χ0n) is 11.7. The predicted octanol–water partition coefficient (Wildman–Crippen LogP) is 2.37. The van der Waals surface area contributed by atoms with Crippen molar-refractivity contribution >= 4 is 15.8 Å². The zero-order valence-corrected chi connectivity index (χ0v) is 12.5. The van der Waals surface area contributed by atoms with Gasteiger partial charge in [-0.05, 0) is 23.5 Å². The van der Waals surface area contributed by atoms with Gasteiger partial charge < -0.3 is 5.11 Å². The Morgan fingerprint density at radius 3 is 2.05 bits per heavy atom. The number of carboxylic acids is 1.